The summed E-state index contributed by atoms with van der Waals surface area (Å²) in [7, 11) is 0. The number of carbonyl (C=O) groups excluding carboxylic acids is 2. The molecule has 4 nitrogen and oxygen atoms in total. The smallest absolute Gasteiger partial charge is 0.330 e. The molecule has 0 radical (unpaired) electrons. The van der Waals surface area contributed by atoms with Crippen LogP contribution in [0, 0.1) is 6.92 Å². The molecule has 1 rings (SSSR count). The van der Waals surface area contributed by atoms with Crippen LogP contribution >= 0.6 is 11.3 Å². The fourth-order valence-electron chi connectivity index (χ4n) is 1.79. The second kappa shape index (κ2) is 11.6. The van der Waals surface area contributed by atoms with E-state index in [1.165, 1.54) is 23.5 Å². The average Bonchev–Trinajstić information content (AvgIpc) is 2.91. The van der Waals surface area contributed by atoms with Crippen molar-refractivity contribution in [3.63, 3.8) is 0 Å². The Kier molecular flexibility index (Phi) is 9.77. The molecule has 1 aromatic rings. The number of ether oxygens (including phenoxy) is 2. The van der Waals surface area contributed by atoms with Gasteiger partial charge in [-0.2, -0.15) is 0 Å². The van der Waals surface area contributed by atoms with Crippen LogP contribution in [0.3, 0.4) is 0 Å². The van der Waals surface area contributed by atoms with E-state index in [9.17, 15) is 9.59 Å². The molecule has 0 aliphatic carbocycles. The second-order valence-corrected chi connectivity index (χ2v) is 6.52. The van der Waals surface area contributed by atoms with Crippen LogP contribution < -0.4 is 0 Å². The Labute approximate surface area is 148 Å². The number of rotatable bonds is 10. The van der Waals surface area contributed by atoms with Gasteiger partial charge >= 0.3 is 11.9 Å². The highest BCUT2D eigenvalue weighted by Gasteiger charge is 2.03. The zero-order valence-electron chi connectivity index (χ0n) is 14.7. The Morgan fingerprint density at radius 2 is 1.54 bits per heavy atom. The Bertz CT molecular complexity index is 584. The first kappa shape index (κ1) is 20.2. The van der Waals surface area contributed by atoms with Crippen LogP contribution in [0.15, 0.2) is 18.2 Å². The summed E-state index contributed by atoms with van der Waals surface area (Å²) >= 11 is 1.51. The van der Waals surface area contributed by atoms with Gasteiger partial charge in [0.2, 0.25) is 0 Å². The molecule has 0 aromatic carbocycles. The Morgan fingerprint density at radius 1 is 1.00 bits per heavy atom. The lowest BCUT2D eigenvalue weighted by Gasteiger charge is -1.98. The minimum atomic E-state index is -0.328. The minimum absolute atomic E-state index is 0.326. The lowest BCUT2D eigenvalue weighted by molar-refractivity contribution is -0.138. The van der Waals surface area contributed by atoms with Crippen LogP contribution in [0.25, 0.3) is 12.2 Å². The van der Waals surface area contributed by atoms with Gasteiger partial charge in [-0.05, 0) is 43.5 Å². The molecular weight excluding hydrogens is 324 g/mol. The van der Waals surface area contributed by atoms with Gasteiger partial charge in [0.25, 0.3) is 0 Å². The monoisotopic (exact) mass is 350 g/mol. The third-order valence-electron chi connectivity index (χ3n) is 3.21. The maximum atomic E-state index is 11.6. The van der Waals surface area contributed by atoms with Gasteiger partial charge in [-0.3, -0.25) is 0 Å². The molecule has 0 aliphatic heterocycles. The molecule has 0 saturated heterocycles. The summed E-state index contributed by atoms with van der Waals surface area (Å²) in [5, 5.41) is 0. The van der Waals surface area contributed by atoms with Crippen molar-refractivity contribution in [2.24, 2.45) is 0 Å². The van der Waals surface area contributed by atoms with Gasteiger partial charge < -0.3 is 9.47 Å². The van der Waals surface area contributed by atoms with Crippen LogP contribution in [0.1, 0.15) is 54.8 Å². The Balaban J connectivity index is 2.55. The molecule has 0 amide bonds. The van der Waals surface area contributed by atoms with Crippen LogP contribution in [-0.2, 0) is 19.1 Å². The highest BCUT2D eigenvalue weighted by atomic mass is 32.1. The summed E-state index contributed by atoms with van der Waals surface area (Å²) in [5.74, 6) is -0.654. The van der Waals surface area contributed by atoms with Crippen molar-refractivity contribution >= 4 is 35.4 Å². The molecule has 0 N–H and O–H groups in total. The number of hydrogen-bond donors (Lipinski definition) is 0. The number of carbonyl (C=O) groups is 2. The first-order valence-corrected chi connectivity index (χ1v) is 9.18. The molecule has 1 heterocycles. The Morgan fingerprint density at radius 3 is 2.08 bits per heavy atom. The van der Waals surface area contributed by atoms with Crippen molar-refractivity contribution in [3.05, 3.63) is 33.5 Å². The van der Waals surface area contributed by atoms with Crippen molar-refractivity contribution in [2.75, 3.05) is 13.2 Å². The highest BCUT2D eigenvalue weighted by Crippen LogP contribution is 2.24. The SMILES string of the molecule is CCCCOC(=O)/C=C/c1cc(C)c(/C=C/C(=O)OCCCC)s1. The van der Waals surface area contributed by atoms with Crippen LogP contribution in [0.5, 0.6) is 0 Å². The quantitative estimate of drug-likeness (QED) is 0.346. The summed E-state index contributed by atoms with van der Waals surface area (Å²) in [6.45, 7) is 6.98. The molecule has 1 aromatic heterocycles. The summed E-state index contributed by atoms with van der Waals surface area (Å²) in [6.07, 6.45) is 10.1. The minimum Gasteiger partial charge on any atom is -0.463 e. The number of esters is 2. The van der Waals surface area contributed by atoms with Gasteiger partial charge in [0.15, 0.2) is 0 Å². The maximum Gasteiger partial charge on any atom is 0.330 e. The fourth-order valence-corrected chi connectivity index (χ4v) is 2.78. The molecule has 0 bridgehead atoms. The number of aryl methyl sites for hydroxylation is 1. The number of unbranched alkanes of at least 4 members (excludes halogenated alkanes) is 2. The largest absolute Gasteiger partial charge is 0.463 e. The van der Waals surface area contributed by atoms with Gasteiger partial charge in [-0.1, -0.05) is 26.7 Å². The van der Waals surface area contributed by atoms with E-state index in [2.05, 4.69) is 0 Å². The predicted octanol–water partition coefficient (Wildman–Crippen LogP) is 4.77. The van der Waals surface area contributed by atoms with E-state index < -0.39 is 0 Å². The van der Waals surface area contributed by atoms with Crippen molar-refractivity contribution in [1.82, 2.24) is 0 Å². The normalized spacial score (nSPS) is 11.3. The maximum absolute atomic E-state index is 11.6. The third kappa shape index (κ3) is 8.11. The fraction of sp³-hybridized carbons (Fsp3) is 0.474. The van der Waals surface area contributed by atoms with Gasteiger partial charge in [0, 0.05) is 21.9 Å². The topological polar surface area (TPSA) is 52.6 Å². The molecule has 0 aliphatic rings. The van der Waals surface area contributed by atoms with E-state index >= 15 is 0 Å². The highest BCUT2D eigenvalue weighted by molar-refractivity contribution is 7.14. The molecule has 0 saturated carbocycles. The van der Waals surface area contributed by atoms with Gasteiger partial charge in [0.1, 0.15) is 0 Å². The van der Waals surface area contributed by atoms with Crippen molar-refractivity contribution in [2.45, 2.75) is 46.5 Å². The lowest BCUT2D eigenvalue weighted by Crippen LogP contribution is -2.01. The molecule has 0 unspecified atom stereocenters. The first-order valence-electron chi connectivity index (χ1n) is 8.37. The van der Waals surface area contributed by atoms with Gasteiger partial charge in [-0.25, -0.2) is 9.59 Å². The zero-order valence-corrected chi connectivity index (χ0v) is 15.5. The predicted molar refractivity (Wildman–Crippen MR) is 98.9 cm³/mol. The molecular formula is C19H26O4S. The average molecular weight is 350 g/mol. The molecule has 0 fully saturated rings. The number of thiophene rings is 1. The molecule has 24 heavy (non-hydrogen) atoms. The molecule has 132 valence electrons. The van der Waals surface area contributed by atoms with Crippen molar-refractivity contribution in [1.29, 1.82) is 0 Å². The van der Waals surface area contributed by atoms with E-state index in [4.69, 9.17) is 9.47 Å². The van der Waals surface area contributed by atoms with Crippen LogP contribution in [0.2, 0.25) is 0 Å². The van der Waals surface area contributed by atoms with E-state index in [0.29, 0.717) is 13.2 Å². The summed E-state index contributed by atoms with van der Waals surface area (Å²) in [6, 6.07) is 1.97. The summed E-state index contributed by atoms with van der Waals surface area (Å²) in [4.78, 5) is 25.0. The Hall–Kier alpha value is -1.88. The zero-order chi connectivity index (χ0) is 17.8. The molecule has 5 heteroatoms. The van der Waals surface area contributed by atoms with E-state index in [0.717, 1.165) is 41.0 Å². The lowest BCUT2D eigenvalue weighted by atomic mass is 10.2. The van der Waals surface area contributed by atoms with Gasteiger partial charge in [0.05, 0.1) is 13.2 Å². The summed E-state index contributed by atoms with van der Waals surface area (Å²) in [5.41, 5.74) is 1.05. The summed E-state index contributed by atoms with van der Waals surface area (Å²) < 4.78 is 10.2. The van der Waals surface area contributed by atoms with Crippen LogP contribution in [-0.4, -0.2) is 25.2 Å². The second-order valence-electron chi connectivity index (χ2n) is 5.40. The third-order valence-corrected chi connectivity index (χ3v) is 4.38. The van der Waals surface area contributed by atoms with Crippen LogP contribution in [0.4, 0.5) is 0 Å². The first-order chi connectivity index (χ1) is 11.6. The molecule has 0 atom stereocenters. The van der Waals surface area contributed by atoms with Gasteiger partial charge in [-0.15, -0.1) is 11.3 Å². The van der Waals surface area contributed by atoms with E-state index in [1.54, 1.807) is 12.2 Å². The standard InChI is InChI=1S/C19H26O4S/c1-4-6-12-22-18(20)10-8-16-14-15(3)17(24-16)9-11-19(21)23-13-7-5-2/h8-11,14H,4-7,12-13H2,1-3H3/b10-8+,11-9+. The van der Waals surface area contributed by atoms with E-state index in [1.807, 2.05) is 26.8 Å². The van der Waals surface area contributed by atoms with Crippen molar-refractivity contribution in [3.8, 4) is 0 Å². The van der Waals surface area contributed by atoms with Crippen molar-refractivity contribution < 1.29 is 19.1 Å². The molecule has 0 spiro atoms. The van der Waals surface area contributed by atoms with E-state index in [-0.39, 0.29) is 11.9 Å². The number of hydrogen-bond acceptors (Lipinski definition) is 5.